The lowest BCUT2D eigenvalue weighted by Gasteiger charge is -1.95. The number of benzene rings is 1. The summed E-state index contributed by atoms with van der Waals surface area (Å²) in [4.78, 5) is 0.264. The van der Waals surface area contributed by atoms with Crippen molar-refractivity contribution in [3.05, 3.63) is 41.8 Å². The summed E-state index contributed by atoms with van der Waals surface area (Å²) in [5, 5.41) is 1.09. The first kappa shape index (κ1) is 12.5. The molecule has 0 fully saturated rings. The second kappa shape index (κ2) is 6.11. The van der Waals surface area contributed by atoms with Gasteiger partial charge in [-0.05, 0) is 18.2 Å². The molecule has 1 aromatic rings. The van der Waals surface area contributed by atoms with Crippen LogP contribution in [0.25, 0.3) is 0 Å². The van der Waals surface area contributed by atoms with Crippen LogP contribution in [0.2, 0.25) is 0 Å². The highest BCUT2D eigenvalue weighted by molar-refractivity contribution is 7.94. The van der Waals surface area contributed by atoms with E-state index in [2.05, 4.69) is 11.8 Å². The second-order valence-corrected chi connectivity index (χ2v) is 4.75. The summed E-state index contributed by atoms with van der Waals surface area (Å²) in [7, 11) is -1.84. The van der Waals surface area contributed by atoms with Gasteiger partial charge in [-0.15, -0.1) is 0 Å². The molecule has 0 heterocycles. The van der Waals surface area contributed by atoms with E-state index in [4.69, 9.17) is 4.74 Å². The molecular weight excluding hydrogens is 224 g/mol. The van der Waals surface area contributed by atoms with E-state index in [1.165, 1.54) is 13.2 Å². The minimum absolute atomic E-state index is 0.264. The highest BCUT2D eigenvalue weighted by atomic mass is 32.2. The molecule has 0 atom stereocenters. The molecule has 84 valence electrons. The highest BCUT2D eigenvalue weighted by Gasteiger charge is 2.07. The molecule has 16 heavy (non-hydrogen) atoms. The van der Waals surface area contributed by atoms with Gasteiger partial charge in [0.15, 0.2) is 9.84 Å². The van der Waals surface area contributed by atoms with Crippen LogP contribution in [-0.2, 0) is 14.6 Å². The molecule has 0 amide bonds. The monoisotopic (exact) mass is 236 g/mol. The van der Waals surface area contributed by atoms with Gasteiger partial charge >= 0.3 is 0 Å². The topological polar surface area (TPSA) is 43.4 Å². The summed E-state index contributed by atoms with van der Waals surface area (Å²) >= 11 is 0. The zero-order chi connectivity index (χ0) is 11.9. The van der Waals surface area contributed by atoms with E-state index >= 15 is 0 Å². The molecular formula is C12H12O3S. The van der Waals surface area contributed by atoms with Crippen LogP contribution in [0.3, 0.4) is 0 Å². The lowest BCUT2D eigenvalue weighted by Crippen LogP contribution is -1.94. The van der Waals surface area contributed by atoms with Gasteiger partial charge < -0.3 is 4.74 Å². The molecule has 0 radical (unpaired) electrons. The van der Waals surface area contributed by atoms with Gasteiger partial charge in [-0.25, -0.2) is 8.42 Å². The fraction of sp³-hybridized carbons (Fsp3) is 0.167. The SMILES string of the molecule is COCC#C/C=C/S(=O)(=O)c1ccccc1. The molecule has 0 bridgehead atoms. The van der Waals surface area contributed by atoms with E-state index in [-0.39, 0.29) is 11.5 Å². The Morgan fingerprint density at radius 2 is 2.00 bits per heavy atom. The molecule has 0 saturated carbocycles. The Kier molecular flexibility index (Phi) is 4.77. The maximum atomic E-state index is 11.7. The molecule has 1 rings (SSSR count). The van der Waals surface area contributed by atoms with Crippen molar-refractivity contribution in [3.8, 4) is 11.8 Å². The quantitative estimate of drug-likeness (QED) is 0.749. The predicted octanol–water partition coefficient (Wildman–Crippen LogP) is 1.62. The van der Waals surface area contributed by atoms with E-state index in [9.17, 15) is 8.42 Å². The van der Waals surface area contributed by atoms with Gasteiger partial charge in [0, 0.05) is 12.5 Å². The van der Waals surface area contributed by atoms with Crippen LogP contribution in [0.15, 0.2) is 46.7 Å². The van der Waals surface area contributed by atoms with Gasteiger partial charge in [-0.1, -0.05) is 30.0 Å². The summed E-state index contributed by atoms with van der Waals surface area (Å²) in [5.41, 5.74) is 0. The summed E-state index contributed by atoms with van der Waals surface area (Å²) in [5.74, 6) is 5.21. The summed E-state index contributed by atoms with van der Waals surface area (Å²) in [6.07, 6.45) is 1.31. The standard InChI is InChI=1S/C12H12O3S/c1-15-10-6-3-7-11-16(13,14)12-8-4-2-5-9-12/h2,4-5,7-9,11H,10H2,1H3/b11-7+. The number of sulfone groups is 1. The number of methoxy groups -OCH3 is 1. The van der Waals surface area contributed by atoms with Crippen molar-refractivity contribution in [3.63, 3.8) is 0 Å². The van der Waals surface area contributed by atoms with Crippen molar-refractivity contribution in [2.75, 3.05) is 13.7 Å². The maximum absolute atomic E-state index is 11.7. The van der Waals surface area contributed by atoms with E-state index < -0.39 is 9.84 Å². The van der Waals surface area contributed by atoms with Crippen LogP contribution >= 0.6 is 0 Å². The molecule has 0 aliphatic rings. The van der Waals surface area contributed by atoms with Crippen molar-refractivity contribution in [2.45, 2.75) is 4.90 Å². The average molecular weight is 236 g/mol. The van der Waals surface area contributed by atoms with E-state index in [1.807, 2.05) is 0 Å². The van der Waals surface area contributed by atoms with Gasteiger partial charge in [-0.2, -0.15) is 0 Å². The Morgan fingerprint density at radius 3 is 2.62 bits per heavy atom. The van der Waals surface area contributed by atoms with Crippen LogP contribution in [0.1, 0.15) is 0 Å². The fourth-order valence-corrected chi connectivity index (χ4v) is 1.93. The van der Waals surface area contributed by atoms with Crippen molar-refractivity contribution < 1.29 is 13.2 Å². The van der Waals surface area contributed by atoms with Crippen molar-refractivity contribution in [1.82, 2.24) is 0 Å². The normalized spacial score (nSPS) is 11.1. The molecule has 0 spiro atoms. The third kappa shape index (κ3) is 3.89. The number of hydrogen-bond donors (Lipinski definition) is 0. The minimum Gasteiger partial charge on any atom is -0.372 e. The molecule has 0 aromatic heterocycles. The lowest BCUT2D eigenvalue weighted by atomic mass is 10.4. The predicted molar refractivity (Wildman–Crippen MR) is 62.4 cm³/mol. The third-order valence-corrected chi connectivity index (χ3v) is 3.14. The highest BCUT2D eigenvalue weighted by Crippen LogP contribution is 2.10. The van der Waals surface area contributed by atoms with Crippen LogP contribution in [0.4, 0.5) is 0 Å². The zero-order valence-electron chi connectivity index (χ0n) is 8.88. The van der Waals surface area contributed by atoms with E-state index in [0.717, 1.165) is 5.41 Å². The maximum Gasteiger partial charge on any atom is 0.200 e. The fourth-order valence-electron chi connectivity index (χ4n) is 0.985. The summed E-state index contributed by atoms with van der Waals surface area (Å²) < 4.78 is 28.1. The van der Waals surface area contributed by atoms with Crippen LogP contribution < -0.4 is 0 Å². The Bertz CT molecular complexity index is 504. The zero-order valence-corrected chi connectivity index (χ0v) is 9.70. The van der Waals surface area contributed by atoms with Crippen molar-refractivity contribution in [1.29, 1.82) is 0 Å². The van der Waals surface area contributed by atoms with Crippen LogP contribution in [-0.4, -0.2) is 22.1 Å². The molecule has 0 aliphatic heterocycles. The van der Waals surface area contributed by atoms with Crippen LogP contribution in [0, 0.1) is 11.8 Å². The Morgan fingerprint density at radius 1 is 1.31 bits per heavy atom. The largest absolute Gasteiger partial charge is 0.372 e. The molecule has 0 aliphatic carbocycles. The first-order chi connectivity index (χ1) is 7.67. The minimum atomic E-state index is -3.37. The summed E-state index contributed by atoms with van der Waals surface area (Å²) in [6.45, 7) is 0.287. The first-order valence-electron chi connectivity index (χ1n) is 4.61. The number of allylic oxidation sites excluding steroid dienone is 1. The molecule has 0 unspecified atom stereocenters. The van der Waals surface area contributed by atoms with Crippen LogP contribution in [0.5, 0.6) is 0 Å². The molecule has 0 N–H and O–H groups in total. The van der Waals surface area contributed by atoms with Gasteiger partial charge in [-0.3, -0.25) is 0 Å². The average Bonchev–Trinajstić information content (AvgIpc) is 2.30. The number of rotatable bonds is 3. The van der Waals surface area contributed by atoms with E-state index in [0.29, 0.717) is 0 Å². The van der Waals surface area contributed by atoms with Gasteiger partial charge in [0.25, 0.3) is 0 Å². The molecule has 4 heteroatoms. The third-order valence-electron chi connectivity index (χ3n) is 1.72. The number of hydrogen-bond acceptors (Lipinski definition) is 3. The smallest absolute Gasteiger partial charge is 0.200 e. The molecule has 0 saturated heterocycles. The van der Waals surface area contributed by atoms with Gasteiger partial charge in [0.05, 0.1) is 4.90 Å². The first-order valence-corrected chi connectivity index (χ1v) is 6.15. The summed E-state index contributed by atoms with van der Waals surface area (Å²) in [6, 6.07) is 8.21. The Hall–Kier alpha value is -1.57. The molecule has 1 aromatic carbocycles. The van der Waals surface area contributed by atoms with E-state index in [1.54, 1.807) is 30.3 Å². The van der Waals surface area contributed by atoms with Crippen molar-refractivity contribution >= 4 is 9.84 Å². The number of ether oxygens (including phenoxy) is 1. The Labute approximate surface area is 95.7 Å². The van der Waals surface area contributed by atoms with Gasteiger partial charge in [0.2, 0.25) is 0 Å². The van der Waals surface area contributed by atoms with Gasteiger partial charge in [0.1, 0.15) is 6.61 Å². The molecule has 3 nitrogen and oxygen atoms in total. The lowest BCUT2D eigenvalue weighted by molar-refractivity contribution is 0.240. The van der Waals surface area contributed by atoms with Crippen molar-refractivity contribution in [2.24, 2.45) is 0 Å². The second-order valence-electron chi connectivity index (χ2n) is 2.91. The Balaban J connectivity index is 2.79.